The molecule has 1 aliphatic heterocycles. The van der Waals surface area contributed by atoms with Crippen molar-refractivity contribution in [1.29, 1.82) is 0 Å². The van der Waals surface area contributed by atoms with Crippen molar-refractivity contribution in [2.45, 2.75) is 46.1 Å². The molecule has 2 aromatic carbocycles. The van der Waals surface area contributed by atoms with E-state index >= 15 is 0 Å². The van der Waals surface area contributed by atoms with Crippen LogP contribution in [0.25, 0.3) is 0 Å². The molecule has 1 aromatic heterocycles. The summed E-state index contributed by atoms with van der Waals surface area (Å²) in [6, 6.07) is 21.9. The first-order chi connectivity index (χ1) is 15.4. The van der Waals surface area contributed by atoms with Crippen LogP contribution in [0.5, 0.6) is 5.75 Å². The highest BCUT2D eigenvalue weighted by atomic mass is 16.3. The van der Waals surface area contributed by atoms with E-state index in [0.717, 1.165) is 5.69 Å². The highest BCUT2D eigenvalue weighted by molar-refractivity contribution is 5.96. The molecule has 166 valence electrons. The van der Waals surface area contributed by atoms with Crippen LogP contribution in [-0.2, 0) is 26.2 Å². The second-order valence-electron chi connectivity index (χ2n) is 8.56. The number of hydrogen-bond donors (Lipinski definition) is 1. The Bertz CT molecular complexity index is 1100. The minimum Gasteiger partial charge on any atom is -0.503 e. The summed E-state index contributed by atoms with van der Waals surface area (Å²) in [5, 5.41) is 10.4. The molecule has 0 fully saturated rings. The van der Waals surface area contributed by atoms with Crippen molar-refractivity contribution in [3.05, 3.63) is 99.5 Å². The zero-order valence-corrected chi connectivity index (χ0v) is 18.6. The molecule has 1 N–H and O–H groups in total. The Morgan fingerprint density at radius 3 is 1.97 bits per heavy atom. The molecule has 4 rings (SSSR count). The van der Waals surface area contributed by atoms with Gasteiger partial charge in [0.15, 0.2) is 11.4 Å². The quantitative estimate of drug-likeness (QED) is 0.621. The standard InChI is InChI=1S/C26H29N3O3/c1-19(2)28-13-14-29-22(15-23(30)25(31)24(29)26(28)32)18-27(16-20-9-5-3-6-10-20)17-21-11-7-4-8-12-21/h3-12,15,19,31H,13-14,16-18H2,1-2H3. The van der Waals surface area contributed by atoms with E-state index in [4.69, 9.17) is 0 Å². The molecule has 6 heteroatoms. The summed E-state index contributed by atoms with van der Waals surface area (Å²) in [4.78, 5) is 29.6. The van der Waals surface area contributed by atoms with Gasteiger partial charge in [0.25, 0.3) is 5.91 Å². The fourth-order valence-corrected chi connectivity index (χ4v) is 4.31. The molecule has 32 heavy (non-hydrogen) atoms. The maximum absolute atomic E-state index is 13.0. The molecule has 0 unspecified atom stereocenters. The Labute approximate surface area is 188 Å². The summed E-state index contributed by atoms with van der Waals surface area (Å²) < 4.78 is 1.82. The van der Waals surface area contributed by atoms with E-state index in [9.17, 15) is 14.7 Å². The molecule has 0 saturated heterocycles. The van der Waals surface area contributed by atoms with Gasteiger partial charge in [0.1, 0.15) is 0 Å². The minimum atomic E-state index is -0.510. The molecule has 0 saturated carbocycles. The van der Waals surface area contributed by atoms with Gasteiger partial charge in [-0.2, -0.15) is 0 Å². The lowest BCUT2D eigenvalue weighted by molar-refractivity contribution is 0.0636. The van der Waals surface area contributed by atoms with Crippen LogP contribution in [0.4, 0.5) is 0 Å². The van der Waals surface area contributed by atoms with Crippen molar-refractivity contribution in [2.24, 2.45) is 0 Å². The Kier molecular flexibility index (Phi) is 6.42. The molecule has 0 bridgehead atoms. The minimum absolute atomic E-state index is 0.00191. The maximum atomic E-state index is 13.0. The van der Waals surface area contributed by atoms with Gasteiger partial charge in [0.2, 0.25) is 5.43 Å². The normalized spacial score (nSPS) is 13.6. The number of amides is 1. The predicted molar refractivity (Wildman–Crippen MR) is 124 cm³/mol. The van der Waals surface area contributed by atoms with Crippen LogP contribution in [-0.4, -0.2) is 38.0 Å². The molecular weight excluding hydrogens is 402 g/mol. The van der Waals surface area contributed by atoms with Gasteiger partial charge in [0.05, 0.1) is 0 Å². The molecule has 6 nitrogen and oxygen atoms in total. The van der Waals surface area contributed by atoms with E-state index in [1.165, 1.54) is 17.2 Å². The van der Waals surface area contributed by atoms with E-state index in [1.807, 2.05) is 54.8 Å². The van der Waals surface area contributed by atoms with E-state index < -0.39 is 11.2 Å². The van der Waals surface area contributed by atoms with E-state index in [2.05, 4.69) is 29.2 Å². The van der Waals surface area contributed by atoms with Crippen LogP contribution in [0.1, 0.15) is 41.2 Å². The van der Waals surface area contributed by atoms with E-state index in [0.29, 0.717) is 32.7 Å². The summed E-state index contributed by atoms with van der Waals surface area (Å²) in [6.45, 7) is 6.87. The zero-order chi connectivity index (χ0) is 22.7. The molecule has 0 radical (unpaired) electrons. The molecule has 0 aliphatic carbocycles. The van der Waals surface area contributed by atoms with Crippen molar-refractivity contribution < 1.29 is 9.90 Å². The van der Waals surface area contributed by atoms with Crippen molar-refractivity contribution in [2.75, 3.05) is 6.54 Å². The van der Waals surface area contributed by atoms with Crippen LogP contribution in [0.3, 0.4) is 0 Å². The second kappa shape index (κ2) is 9.40. The molecule has 1 aliphatic rings. The summed E-state index contributed by atoms with van der Waals surface area (Å²) >= 11 is 0. The van der Waals surface area contributed by atoms with Gasteiger partial charge < -0.3 is 14.6 Å². The van der Waals surface area contributed by atoms with Gasteiger partial charge in [-0.3, -0.25) is 14.5 Å². The first-order valence-electron chi connectivity index (χ1n) is 11.0. The predicted octanol–water partition coefficient (Wildman–Crippen LogP) is 3.62. The number of rotatable bonds is 7. The smallest absolute Gasteiger partial charge is 0.274 e. The van der Waals surface area contributed by atoms with Gasteiger partial charge in [-0.25, -0.2) is 0 Å². The Morgan fingerprint density at radius 2 is 1.44 bits per heavy atom. The largest absolute Gasteiger partial charge is 0.503 e. The van der Waals surface area contributed by atoms with Gasteiger partial charge >= 0.3 is 0 Å². The fraction of sp³-hybridized carbons (Fsp3) is 0.308. The first kappa shape index (κ1) is 21.8. The Balaban J connectivity index is 1.70. The summed E-state index contributed by atoms with van der Waals surface area (Å²) in [5.74, 6) is -0.748. The lowest BCUT2D eigenvalue weighted by Crippen LogP contribution is -2.46. The Hall–Kier alpha value is -3.38. The number of carbonyl (C=O) groups excluding carboxylic acids is 1. The van der Waals surface area contributed by atoms with Crippen molar-refractivity contribution in [3.63, 3.8) is 0 Å². The molecule has 0 atom stereocenters. The third-order valence-corrected chi connectivity index (χ3v) is 5.91. The number of carbonyl (C=O) groups is 1. The third kappa shape index (κ3) is 4.60. The average molecular weight is 432 g/mol. The lowest BCUT2D eigenvalue weighted by Gasteiger charge is -2.35. The second-order valence-corrected chi connectivity index (χ2v) is 8.56. The van der Waals surface area contributed by atoms with Gasteiger partial charge in [-0.15, -0.1) is 0 Å². The lowest BCUT2D eigenvalue weighted by atomic mass is 10.1. The first-order valence-corrected chi connectivity index (χ1v) is 11.0. The zero-order valence-electron chi connectivity index (χ0n) is 18.6. The van der Waals surface area contributed by atoms with Crippen molar-refractivity contribution in [1.82, 2.24) is 14.4 Å². The SMILES string of the molecule is CC(C)N1CCn2c(CN(Cc3ccccc3)Cc3ccccc3)cc(=O)c(O)c2C1=O. The van der Waals surface area contributed by atoms with Crippen LogP contribution in [0, 0.1) is 0 Å². The van der Waals surface area contributed by atoms with Gasteiger partial charge in [-0.1, -0.05) is 60.7 Å². The average Bonchev–Trinajstić information content (AvgIpc) is 2.78. The molecular formula is C26H29N3O3. The number of pyridine rings is 1. The summed E-state index contributed by atoms with van der Waals surface area (Å²) in [6.07, 6.45) is 0. The number of nitrogens with zero attached hydrogens (tertiary/aromatic N) is 3. The summed E-state index contributed by atoms with van der Waals surface area (Å²) in [5.41, 5.74) is 2.68. The number of benzene rings is 2. The highest BCUT2D eigenvalue weighted by Gasteiger charge is 2.31. The van der Waals surface area contributed by atoms with Crippen LogP contribution < -0.4 is 5.43 Å². The molecule has 0 spiro atoms. The fourth-order valence-electron chi connectivity index (χ4n) is 4.31. The molecule has 3 aromatic rings. The van der Waals surface area contributed by atoms with Gasteiger partial charge in [-0.05, 0) is 25.0 Å². The summed E-state index contributed by atoms with van der Waals surface area (Å²) in [7, 11) is 0. The van der Waals surface area contributed by atoms with Crippen molar-refractivity contribution >= 4 is 5.91 Å². The highest BCUT2D eigenvalue weighted by Crippen LogP contribution is 2.24. The van der Waals surface area contributed by atoms with Crippen molar-refractivity contribution in [3.8, 4) is 5.75 Å². The third-order valence-electron chi connectivity index (χ3n) is 5.91. The van der Waals surface area contributed by atoms with Crippen LogP contribution in [0.2, 0.25) is 0 Å². The number of aromatic nitrogens is 1. The monoisotopic (exact) mass is 431 g/mol. The Morgan fingerprint density at radius 1 is 0.875 bits per heavy atom. The van der Waals surface area contributed by atoms with Gasteiger partial charge in [0, 0.05) is 50.5 Å². The molecule has 1 amide bonds. The maximum Gasteiger partial charge on any atom is 0.274 e. The molecule has 2 heterocycles. The van der Waals surface area contributed by atoms with Crippen LogP contribution in [0.15, 0.2) is 71.5 Å². The van der Waals surface area contributed by atoms with Crippen LogP contribution >= 0.6 is 0 Å². The van der Waals surface area contributed by atoms with E-state index in [1.54, 1.807) is 4.90 Å². The van der Waals surface area contributed by atoms with E-state index in [-0.39, 0.29) is 17.6 Å². The number of aromatic hydroxyl groups is 1. The number of hydrogen-bond acceptors (Lipinski definition) is 4. The number of fused-ring (bicyclic) bond motifs is 1. The topological polar surface area (TPSA) is 65.8 Å².